The number of pyridine rings is 1. The van der Waals surface area contributed by atoms with Gasteiger partial charge in [-0.1, -0.05) is 29.3 Å². The van der Waals surface area contributed by atoms with Crippen molar-refractivity contribution in [2.24, 2.45) is 0 Å². The van der Waals surface area contributed by atoms with Crippen LogP contribution in [0.4, 0.5) is 17.2 Å². The Morgan fingerprint density at radius 3 is 2.35 bits per heavy atom. The van der Waals surface area contributed by atoms with E-state index < -0.39 is 0 Å². The van der Waals surface area contributed by atoms with Gasteiger partial charge in [0.25, 0.3) is 5.56 Å². The molecule has 0 radical (unpaired) electrons. The molecule has 0 unspecified atom stereocenters. The van der Waals surface area contributed by atoms with E-state index in [0.717, 1.165) is 18.8 Å². The molecule has 1 aliphatic rings. The Morgan fingerprint density at radius 1 is 1.00 bits per heavy atom. The summed E-state index contributed by atoms with van der Waals surface area (Å²) in [6, 6.07) is 16.0. The highest BCUT2D eigenvalue weighted by atomic mass is 35.5. The molecule has 7 nitrogen and oxygen atoms in total. The third-order valence-electron chi connectivity index (χ3n) is 5.88. The summed E-state index contributed by atoms with van der Waals surface area (Å²) >= 11 is 12.5. The van der Waals surface area contributed by atoms with Gasteiger partial charge in [0, 0.05) is 48.8 Å². The minimum Gasteiger partial charge on any atom is -0.368 e. The minimum atomic E-state index is -0.289. The number of aromatic nitrogens is 3. The van der Waals surface area contributed by atoms with Crippen LogP contribution >= 0.6 is 23.2 Å². The van der Waals surface area contributed by atoms with Crippen molar-refractivity contribution in [3.8, 4) is 5.69 Å². The van der Waals surface area contributed by atoms with Crippen LogP contribution in [0.15, 0.2) is 65.8 Å². The normalized spacial score (nSPS) is 18.3. The molecule has 0 bridgehead atoms. The second-order valence-electron chi connectivity index (χ2n) is 8.62. The molecular weight excluding hydrogens is 471 g/mol. The second-order valence-corrected chi connectivity index (χ2v) is 9.44. The quantitative estimate of drug-likeness (QED) is 0.414. The Hall–Kier alpha value is -3.13. The van der Waals surface area contributed by atoms with Crippen molar-refractivity contribution in [2.75, 3.05) is 23.3 Å². The molecule has 174 valence electrons. The van der Waals surface area contributed by atoms with Crippen molar-refractivity contribution in [3.05, 3.63) is 81.5 Å². The van der Waals surface area contributed by atoms with Crippen molar-refractivity contribution in [2.45, 2.75) is 25.9 Å². The highest BCUT2D eigenvalue weighted by Gasteiger charge is 2.21. The topological polar surface area (TPSA) is 75.1 Å². The van der Waals surface area contributed by atoms with Crippen LogP contribution in [0.3, 0.4) is 0 Å². The molecule has 2 N–H and O–H groups in total. The third-order valence-corrected chi connectivity index (χ3v) is 6.49. The van der Waals surface area contributed by atoms with Crippen molar-refractivity contribution < 1.29 is 0 Å². The van der Waals surface area contributed by atoms with E-state index >= 15 is 0 Å². The summed E-state index contributed by atoms with van der Waals surface area (Å²) in [5, 5.41) is 7.97. The number of nitrogens with one attached hydrogen (secondary N) is 2. The van der Waals surface area contributed by atoms with Gasteiger partial charge in [-0.25, -0.2) is 9.97 Å². The Morgan fingerprint density at radius 2 is 1.68 bits per heavy atom. The Labute approximate surface area is 207 Å². The Balaban J connectivity index is 1.38. The van der Waals surface area contributed by atoms with E-state index in [1.807, 2.05) is 12.1 Å². The van der Waals surface area contributed by atoms with Gasteiger partial charge in [-0.3, -0.25) is 9.36 Å². The van der Waals surface area contributed by atoms with Gasteiger partial charge in [0.15, 0.2) is 0 Å². The molecule has 2 atom stereocenters. The van der Waals surface area contributed by atoms with Gasteiger partial charge in [-0.2, -0.15) is 0 Å². The summed E-state index contributed by atoms with van der Waals surface area (Å²) in [6.45, 7) is 6.36. The number of nitrogens with zero attached hydrogens (tertiary/aromatic N) is 4. The molecule has 3 heterocycles. The molecular formula is C25H24Cl2N6O. The van der Waals surface area contributed by atoms with Crippen LogP contribution in [0.5, 0.6) is 0 Å². The van der Waals surface area contributed by atoms with Crippen LogP contribution < -0.4 is 21.1 Å². The predicted molar refractivity (Wildman–Crippen MR) is 139 cm³/mol. The molecule has 1 saturated heterocycles. The summed E-state index contributed by atoms with van der Waals surface area (Å²) in [5.74, 6) is 0.602. The number of halogens is 2. The number of anilines is 3. The number of hydrogen-bond donors (Lipinski definition) is 2. The number of hydrogen-bond acceptors (Lipinski definition) is 6. The zero-order valence-electron chi connectivity index (χ0n) is 18.8. The minimum absolute atomic E-state index is 0.289. The smallest absolute Gasteiger partial charge is 0.267 e. The van der Waals surface area contributed by atoms with Crippen LogP contribution in [0.2, 0.25) is 10.0 Å². The van der Waals surface area contributed by atoms with E-state index in [1.165, 1.54) is 22.8 Å². The maximum absolute atomic E-state index is 13.1. The third kappa shape index (κ3) is 4.46. The molecule has 1 fully saturated rings. The van der Waals surface area contributed by atoms with E-state index in [9.17, 15) is 4.79 Å². The fourth-order valence-corrected chi connectivity index (χ4v) is 4.99. The van der Waals surface area contributed by atoms with Crippen molar-refractivity contribution >= 4 is 51.3 Å². The van der Waals surface area contributed by atoms with Crippen molar-refractivity contribution in [3.63, 3.8) is 0 Å². The highest BCUT2D eigenvalue weighted by Crippen LogP contribution is 2.28. The first-order valence-electron chi connectivity index (χ1n) is 11.1. The highest BCUT2D eigenvalue weighted by molar-refractivity contribution is 6.37. The summed E-state index contributed by atoms with van der Waals surface area (Å²) in [7, 11) is 0. The van der Waals surface area contributed by atoms with Crippen LogP contribution in [0.1, 0.15) is 13.8 Å². The zero-order chi connectivity index (χ0) is 23.8. The van der Waals surface area contributed by atoms with Crippen LogP contribution in [0.25, 0.3) is 16.6 Å². The monoisotopic (exact) mass is 494 g/mol. The van der Waals surface area contributed by atoms with E-state index in [1.54, 1.807) is 24.3 Å². The molecule has 2 aromatic heterocycles. The second kappa shape index (κ2) is 9.25. The SMILES string of the molecule is C[C@@H]1CN(c2ccc(Nc3cc4ncn(-c5c(Cl)cccc5Cl)c(=O)c4cn3)cc2)C[C@H](C)N1. The Kier molecular flexibility index (Phi) is 6.16. The van der Waals surface area contributed by atoms with Gasteiger partial charge >= 0.3 is 0 Å². The standard InChI is InChI=1S/C25H24Cl2N6O/c1-15-12-32(13-16(2)30-15)18-8-6-17(7-9-18)31-23-10-22-19(11-28-23)25(34)33(14-29-22)24-20(26)4-3-5-21(24)27/h3-11,14-16,30H,12-13H2,1-2H3,(H,28,31)/t15-,16+. The number of fused-ring (bicyclic) bond motifs is 1. The van der Waals surface area contributed by atoms with E-state index in [-0.39, 0.29) is 5.56 Å². The number of para-hydroxylation sites is 1. The first-order chi connectivity index (χ1) is 16.4. The fraction of sp³-hybridized carbons (Fsp3) is 0.240. The molecule has 0 amide bonds. The van der Waals surface area contributed by atoms with Crippen molar-refractivity contribution in [1.29, 1.82) is 0 Å². The van der Waals surface area contributed by atoms with E-state index in [0.29, 0.717) is 44.5 Å². The van der Waals surface area contributed by atoms with Gasteiger partial charge in [0.05, 0.1) is 26.6 Å². The maximum Gasteiger partial charge on any atom is 0.267 e. The first kappa shape index (κ1) is 22.7. The van der Waals surface area contributed by atoms with Gasteiger partial charge in [0.1, 0.15) is 12.1 Å². The molecule has 34 heavy (non-hydrogen) atoms. The summed E-state index contributed by atoms with van der Waals surface area (Å²) in [6.07, 6.45) is 2.96. The fourth-order valence-electron chi connectivity index (χ4n) is 4.41. The lowest BCUT2D eigenvalue weighted by Gasteiger charge is -2.37. The predicted octanol–water partition coefficient (Wildman–Crippen LogP) is 5.02. The van der Waals surface area contributed by atoms with E-state index in [2.05, 4.69) is 51.5 Å². The van der Waals surface area contributed by atoms with Crippen LogP contribution in [-0.2, 0) is 0 Å². The number of benzene rings is 2. The van der Waals surface area contributed by atoms with Gasteiger partial charge in [-0.15, -0.1) is 0 Å². The average Bonchev–Trinajstić information content (AvgIpc) is 2.80. The summed E-state index contributed by atoms with van der Waals surface area (Å²) < 4.78 is 1.35. The molecule has 0 saturated carbocycles. The maximum atomic E-state index is 13.1. The zero-order valence-corrected chi connectivity index (χ0v) is 20.3. The molecule has 1 aliphatic heterocycles. The molecule has 4 aromatic rings. The lowest BCUT2D eigenvalue weighted by molar-refractivity contribution is 0.407. The number of rotatable bonds is 4. The van der Waals surface area contributed by atoms with E-state index in [4.69, 9.17) is 23.2 Å². The average molecular weight is 495 g/mol. The number of piperazine rings is 1. The van der Waals surface area contributed by atoms with Gasteiger partial charge < -0.3 is 15.5 Å². The summed E-state index contributed by atoms with van der Waals surface area (Å²) in [4.78, 5) is 24.3. The largest absolute Gasteiger partial charge is 0.368 e. The lowest BCUT2D eigenvalue weighted by atomic mass is 10.1. The lowest BCUT2D eigenvalue weighted by Crippen LogP contribution is -2.54. The molecule has 9 heteroatoms. The van der Waals surface area contributed by atoms with Gasteiger partial charge in [-0.05, 0) is 50.2 Å². The molecule has 5 rings (SSSR count). The van der Waals surface area contributed by atoms with Crippen LogP contribution in [0, 0.1) is 0 Å². The Bertz CT molecular complexity index is 1370. The summed E-state index contributed by atoms with van der Waals surface area (Å²) in [5.41, 5.74) is 2.74. The molecule has 0 aliphatic carbocycles. The first-order valence-corrected chi connectivity index (χ1v) is 11.8. The van der Waals surface area contributed by atoms with Gasteiger partial charge in [0.2, 0.25) is 0 Å². The van der Waals surface area contributed by atoms with Crippen LogP contribution in [-0.4, -0.2) is 39.7 Å². The molecule has 0 spiro atoms. The van der Waals surface area contributed by atoms with Crippen molar-refractivity contribution in [1.82, 2.24) is 19.9 Å². The molecule has 2 aromatic carbocycles.